The molecule has 0 aromatic heterocycles. The average molecular weight is 276 g/mol. The smallest absolute Gasteiger partial charge is 0.331 e. The minimum absolute atomic E-state index is 0.248. The monoisotopic (exact) mass is 276 g/mol. The summed E-state index contributed by atoms with van der Waals surface area (Å²) in [5.41, 5.74) is 4.26. The lowest BCUT2D eigenvalue weighted by molar-refractivity contribution is -0.132. The maximum atomic E-state index is 10.6. The van der Waals surface area contributed by atoms with E-state index in [2.05, 4.69) is 39.5 Å². The van der Waals surface area contributed by atoms with E-state index in [4.69, 9.17) is 5.11 Å². The third kappa shape index (κ3) is 10.4. The van der Waals surface area contributed by atoms with Gasteiger partial charge in [-0.2, -0.15) is 0 Å². The molecule has 1 N–H and O–H groups in total. The highest BCUT2D eigenvalue weighted by atomic mass is 16.4. The van der Waals surface area contributed by atoms with Crippen LogP contribution in [-0.4, -0.2) is 11.1 Å². The van der Waals surface area contributed by atoms with Crippen LogP contribution in [0.4, 0.5) is 0 Å². The molecule has 0 spiro atoms. The molecule has 0 atom stereocenters. The molecular formula is C18H28O2. The third-order valence-electron chi connectivity index (χ3n) is 3.12. The first-order valence-corrected chi connectivity index (χ1v) is 7.18. The lowest BCUT2D eigenvalue weighted by Crippen LogP contribution is -1.97. The molecule has 0 rings (SSSR count). The molecule has 0 amide bonds. The molecule has 0 aromatic carbocycles. The van der Waals surface area contributed by atoms with Crippen LogP contribution in [0.3, 0.4) is 0 Å². The summed E-state index contributed by atoms with van der Waals surface area (Å²) in [7, 11) is 0. The summed E-state index contributed by atoms with van der Waals surface area (Å²) in [5, 5.41) is 8.72. The van der Waals surface area contributed by atoms with E-state index in [9.17, 15) is 4.79 Å². The molecule has 112 valence electrons. The number of hydrogen-bond donors (Lipinski definition) is 1. The van der Waals surface area contributed by atoms with Crippen LogP contribution in [0.1, 0.15) is 59.8 Å². The Morgan fingerprint density at radius 3 is 1.95 bits per heavy atom. The van der Waals surface area contributed by atoms with E-state index < -0.39 is 5.97 Å². The van der Waals surface area contributed by atoms with Crippen molar-refractivity contribution in [2.45, 2.75) is 59.8 Å². The van der Waals surface area contributed by atoms with Crippen LogP contribution >= 0.6 is 0 Å². The summed E-state index contributed by atoms with van der Waals surface area (Å²) in [6.45, 7) is 12.0. The fourth-order valence-electron chi connectivity index (χ4n) is 1.72. The molecule has 0 saturated heterocycles. The van der Waals surface area contributed by atoms with Gasteiger partial charge in [0.25, 0.3) is 0 Å². The largest absolute Gasteiger partial charge is 0.478 e. The SMILES string of the molecule is C=C(CC=C(C)CCC=C(C)CCC=C(C)C)C(=O)O. The molecule has 0 heterocycles. The summed E-state index contributed by atoms with van der Waals surface area (Å²) in [6, 6.07) is 0. The van der Waals surface area contributed by atoms with Gasteiger partial charge in [0, 0.05) is 5.57 Å². The van der Waals surface area contributed by atoms with E-state index in [1.165, 1.54) is 16.7 Å². The van der Waals surface area contributed by atoms with E-state index in [1.54, 1.807) is 0 Å². The highest BCUT2D eigenvalue weighted by molar-refractivity contribution is 5.86. The molecule has 0 aliphatic carbocycles. The first kappa shape index (κ1) is 18.4. The molecule has 0 unspecified atom stereocenters. The van der Waals surface area contributed by atoms with Crippen molar-refractivity contribution in [3.8, 4) is 0 Å². The molecule has 20 heavy (non-hydrogen) atoms. The molecule has 0 aliphatic rings. The minimum Gasteiger partial charge on any atom is -0.478 e. The van der Waals surface area contributed by atoms with Crippen molar-refractivity contribution >= 4 is 5.97 Å². The fourth-order valence-corrected chi connectivity index (χ4v) is 1.72. The lowest BCUT2D eigenvalue weighted by atomic mass is 10.0. The number of carboxylic acids is 1. The second-order valence-electron chi connectivity index (χ2n) is 5.57. The molecule has 0 aliphatic heterocycles. The minimum atomic E-state index is -0.913. The Morgan fingerprint density at radius 2 is 1.45 bits per heavy atom. The first-order valence-electron chi connectivity index (χ1n) is 7.18. The summed E-state index contributed by atoms with van der Waals surface area (Å²) in [5.74, 6) is -0.913. The summed E-state index contributed by atoms with van der Waals surface area (Å²) >= 11 is 0. The lowest BCUT2D eigenvalue weighted by Gasteiger charge is -2.02. The predicted octanol–water partition coefficient (Wildman–Crippen LogP) is 5.44. The molecule has 0 bridgehead atoms. The second-order valence-corrected chi connectivity index (χ2v) is 5.57. The van der Waals surface area contributed by atoms with E-state index in [0.29, 0.717) is 6.42 Å². The van der Waals surface area contributed by atoms with Crippen LogP contribution in [0.2, 0.25) is 0 Å². The van der Waals surface area contributed by atoms with Crippen molar-refractivity contribution in [1.82, 2.24) is 0 Å². The van der Waals surface area contributed by atoms with E-state index in [1.807, 2.05) is 13.0 Å². The summed E-state index contributed by atoms with van der Waals surface area (Å²) < 4.78 is 0. The number of aliphatic carboxylic acids is 1. The van der Waals surface area contributed by atoms with Gasteiger partial charge in [0.05, 0.1) is 0 Å². The van der Waals surface area contributed by atoms with Gasteiger partial charge in [0.1, 0.15) is 0 Å². The number of hydrogen-bond acceptors (Lipinski definition) is 1. The van der Waals surface area contributed by atoms with E-state index in [-0.39, 0.29) is 5.57 Å². The summed E-state index contributed by atoms with van der Waals surface area (Å²) in [4.78, 5) is 10.6. The van der Waals surface area contributed by atoms with Gasteiger partial charge in [-0.25, -0.2) is 4.79 Å². The van der Waals surface area contributed by atoms with Crippen molar-refractivity contribution in [2.24, 2.45) is 0 Å². The third-order valence-corrected chi connectivity index (χ3v) is 3.12. The van der Waals surface area contributed by atoms with Crippen LogP contribution < -0.4 is 0 Å². The predicted molar refractivity (Wildman–Crippen MR) is 86.8 cm³/mol. The molecule has 0 fully saturated rings. The fraction of sp³-hybridized carbons (Fsp3) is 0.500. The van der Waals surface area contributed by atoms with Gasteiger partial charge in [0.2, 0.25) is 0 Å². The molecule has 0 aromatic rings. The Labute approximate surface area is 123 Å². The van der Waals surface area contributed by atoms with Crippen LogP contribution in [0, 0.1) is 0 Å². The number of carboxylic acid groups (broad SMARTS) is 1. The molecule has 0 radical (unpaired) electrons. The van der Waals surface area contributed by atoms with Crippen LogP contribution in [0.15, 0.2) is 47.1 Å². The summed E-state index contributed by atoms with van der Waals surface area (Å²) in [6.07, 6.45) is 11.2. The zero-order valence-corrected chi connectivity index (χ0v) is 13.3. The van der Waals surface area contributed by atoms with Crippen molar-refractivity contribution in [3.63, 3.8) is 0 Å². The van der Waals surface area contributed by atoms with Crippen LogP contribution in [-0.2, 0) is 4.79 Å². The Hall–Kier alpha value is -1.57. The zero-order valence-electron chi connectivity index (χ0n) is 13.3. The number of carbonyl (C=O) groups is 1. The molecule has 2 heteroatoms. The van der Waals surface area contributed by atoms with Gasteiger partial charge in [-0.15, -0.1) is 0 Å². The number of allylic oxidation sites excluding steroid dienone is 6. The maximum absolute atomic E-state index is 10.6. The van der Waals surface area contributed by atoms with Gasteiger partial charge in [-0.1, -0.05) is 41.5 Å². The second kappa shape index (κ2) is 10.2. The Morgan fingerprint density at radius 1 is 0.950 bits per heavy atom. The quantitative estimate of drug-likeness (QED) is 0.450. The van der Waals surface area contributed by atoms with E-state index >= 15 is 0 Å². The zero-order chi connectivity index (χ0) is 15.5. The highest BCUT2D eigenvalue weighted by Crippen LogP contribution is 2.12. The molecular weight excluding hydrogens is 248 g/mol. The standard InChI is InChI=1S/C18H28O2/c1-14(2)8-6-9-15(3)10-7-11-16(4)12-13-17(5)18(19)20/h8,10,12H,5-7,9,11,13H2,1-4H3,(H,19,20). The van der Waals surface area contributed by atoms with Gasteiger partial charge in [-0.3, -0.25) is 0 Å². The van der Waals surface area contributed by atoms with Crippen molar-refractivity contribution in [3.05, 3.63) is 47.1 Å². The first-order chi connectivity index (χ1) is 9.32. The van der Waals surface area contributed by atoms with Gasteiger partial charge < -0.3 is 5.11 Å². The van der Waals surface area contributed by atoms with Crippen LogP contribution in [0.25, 0.3) is 0 Å². The molecule has 2 nitrogen and oxygen atoms in total. The number of rotatable bonds is 9. The van der Waals surface area contributed by atoms with Gasteiger partial charge in [0.15, 0.2) is 0 Å². The maximum Gasteiger partial charge on any atom is 0.331 e. The highest BCUT2D eigenvalue weighted by Gasteiger charge is 2.01. The van der Waals surface area contributed by atoms with E-state index in [0.717, 1.165) is 25.7 Å². The van der Waals surface area contributed by atoms with Crippen molar-refractivity contribution in [2.75, 3.05) is 0 Å². The Balaban J connectivity index is 4.03. The van der Waals surface area contributed by atoms with Crippen molar-refractivity contribution < 1.29 is 9.90 Å². The van der Waals surface area contributed by atoms with Gasteiger partial charge in [-0.05, 0) is 59.8 Å². The normalized spacial score (nSPS) is 12.2. The Bertz CT molecular complexity index is 419. The molecule has 0 saturated carbocycles. The average Bonchev–Trinajstić information content (AvgIpc) is 2.35. The van der Waals surface area contributed by atoms with Gasteiger partial charge >= 0.3 is 5.97 Å². The Kier molecular flexibility index (Phi) is 9.44. The van der Waals surface area contributed by atoms with Crippen LogP contribution in [0.5, 0.6) is 0 Å². The topological polar surface area (TPSA) is 37.3 Å². The van der Waals surface area contributed by atoms with Crippen molar-refractivity contribution in [1.29, 1.82) is 0 Å².